The van der Waals surface area contributed by atoms with Crippen molar-refractivity contribution < 1.29 is 9.90 Å². The van der Waals surface area contributed by atoms with Gasteiger partial charge in [0.1, 0.15) is 0 Å². The van der Waals surface area contributed by atoms with Crippen molar-refractivity contribution in [1.29, 1.82) is 0 Å². The van der Waals surface area contributed by atoms with Gasteiger partial charge in [0.05, 0.1) is 17.8 Å². The summed E-state index contributed by atoms with van der Waals surface area (Å²) in [5.41, 5.74) is 1.04. The molecule has 1 aromatic heterocycles. The van der Waals surface area contributed by atoms with Crippen LogP contribution in [0.1, 0.15) is 13.8 Å². The second-order valence-electron chi connectivity index (χ2n) is 4.87. The number of H-pyrrole nitrogens is 1. The highest BCUT2D eigenvalue weighted by molar-refractivity contribution is 6.01. The van der Waals surface area contributed by atoms with Crippen molar-refractivity contribution in [2.45, 2.75) is 19.4 Å². The van der Waals surface area contributed by atoms with Crippen LogP contribution in [0.3, 0.4) is 0 Å². The Morgan fingerprint density at radius 3 is 2.83 bits per heavy atom. The van der Waals surface area contributed by atoms with Crippen molar-refractivity contribution in [2.75, 3.05) is 11.9 Å². The van der Waals surface area contributed by atoms with E-state index in [2.05, 4.69) is 15.6 Å². The molecule has 0 atom stereocenters. The lowest BCUT2D eigenvalue weighted by Crippen LogP contribution is -2.48. The number of benzene rings is 1. The number of anilines is 1. The number of amides is 2. The number of urea groups is 1. The maximum atomic E-state index is 11.8. The molecule has 5 nitrogen and oxygen atoms in total. The predicted molar refractivity (Wildman–Crippen MR) is 71.6 cm³/mol. The molecule has 0 bridgehead atoms. The van der Waals surface area contributed by atoms with E-state index in [1.807, 2.05) is 24.3 Å². The molecule has 0 fully saturated rings. The first-order chi connectivity index (χ1) is 8.52. The van der Waals surface area contributed by atoms with E-state index in [1.165, 1.54) is 0 Å². The number of nitrogens with one attached hydrogen (secondary N) is 3. The third-order valence-corrected chi connectivity index (χ3v) is 2.68. The highest BCUT2D eigenvalue weighted by Gasteiger charge is 2.19. The molecule has 2 aromatic rings. The molecule has 0 spiro atoms. The Morgan fingerprint density at radius 1 is 1.39 bits per heavy atom. The molecule has 0 unspecified atom stereocenters. The van der Waals surface area contributed by atoms with Crippen molar-refractivity contribution in [3.63, 3.8) is 0 Å². The zero-order chi connectivity index (χ0) is 13.2. The first-order valence-electron chi connectivity index (χ1n) is 5.78. The highest BCUT2D eigenvalue weighted by atomic mass is 16.3. The number of hydrogen-bond acceptors (Lipinski definition) is 2. The van der Waals surface area contributed by atoms with Crippen LogP contribution in [0.2, 0.25) is 0 Å². The molecule has 0 saturated carbocycles. The minimum Gasteiger partial charge on any atom is -0.394 e. The van der Waals surface area contributed by atoms with Gasteiger partial charge in [0, 0.05) is 17.1 Å². The number of carbonyl (C=O) groups is 1. The summed E-state index contributed by atoms with van der Waals surface area (Å²) in [4.78, 5) is 14.9. The third-order valence-electron chi connectivity index (χ3n) is 2.68. The number of carbonyl (C=O) groups excluding carboxylic acids is 1. The summed E-state index contributed by atoms with van der Waals surface area (Å²) in [5, 5.41) is 15.5. The molecule has 0 radical (unpaired) electrons. The molecule has 5 heteroatoms. The molecule has 1 aromatic carbocycles. The van der Waals surface area contributed by atoms with Crippen LogP contribution >= 0.6 is 0 Å². The van der Waals surface area contributed by atoms with Crippen molar-refractivity contribution in [1.82, 2.24) is 10.3 Å². The van der Waals surface area contributed by atoms with Gasteiger partial charge in [-0.05, 0) is 19.9 Å². The van der Waals surface area contributed by atoms with E-state index in [1.54, 1.807) is 20.0 Å². The average molecular weight is 247 g/mol. The van der Waals surface area contributed by atoms with Crippen LogP contribution in [0, 0.1) is 0 Å². The third kappa shape index (κ3) is 2.62. The van der Waals surface area contributed by atoms with Gasteiger partial charge in [-0.1, -0.05) is 18.2 Å². The van der Waals surface area contributed by atoms with E-state index in [4.69, 9.17) is 5.11 Å². The van der Waals surface area contributed by atoms with Crippen LogP contribution in [-0.4, -0.2) is 28.3 Å². The van der Waals surface area contributed by atoms with Crippen LogP contribution in [0.5, 0.6) is 0 Å². The fourth-order valence-electron chi connectivity index (χ4n) is 1.68. The van der Waals surface area contributed by atoms with E-state index in [0.717, 1.165) is 16.6 Å². The summed E-state index contributed by atoms with van der Waals surface area (Å²) >= 11 is 0. The minimum absolute atomic E-state index is 0.117. The van der Waals surface area contributed by atoms with Gasteiger partial charge in [0.2, 0.25) is 0 Å². The average Bonchev–Trinajstić information content (AvgIpc) is 2.72. The molecular formula is C13H17N3O2. The van der Waals surface area contributed by atoms with Gasteiger partial charge in [-0.25, -0.2) is 4.79 Å². The van der Waals surface area contributed by atoms with Crippen LogP contribution < -0.4 is 10.6 Å². The number of para-hydroxylation sites is 1. The van der Waals surface area contributed by atoms with E-state index in [0.29, 0.717) is 0 Å². The van der Waals surface area contributed by atoms with Crippen LogP contribution in [0.4, 0.5) is 10.5 Å². The molecule has 0 aliphatic carbocycles. The standard InChI is InChI=1S/C13H17N3O2/c1-13(2,8-17)16-12(18)15-11-7-14-10-6-4-3-5-9(10)11/h3-7,14,17H,8H2,1-2H3,(H2,15,16,18). The van der Waals surface area contributed by atoms with Crippen molar-refractivity contribution >= 4 is 22.6 Å². The molecule has 18 heavy (non-hydrogen) atoms. The van der Waals surface area contributed by atoms with Gasteiger partial charge < -0.3 is 20.7 Å². The summed E-state index contributed by atoms with van der Waals surface area (Å²) in [6.07, 6.45) is 1.75. The minimum atomic E-state index is -0.643. The summed E-state index contributed by atoms with van der Waals surface area (Å²) in [7, 11) is 0. The van der Waals surface area contributed by atoms with Crippen LogP contribution in [0.25, 0.3) is 10.9 Å². The summed E-state index contributed by atoms with van der Waals surface area (Å²) in [6.45, 7) is 3.39. The number of aromatic amines is 1. The SMILES string of the molecule is CC(C)(CO)NC(=O)Nc1c[nH]c2ccccc12. The molecule has 96 valence electrons. The van der Waals surface area contributed by atoms with Crippen LogP contribution in [0.15, 0.2) is 30.5 Å². The maximum absolute atomic E-state index is 11.8. The Balaban J connectivity index is 2.12. The highest BCUT2D eigenvalue weighted by Crippen LogP contribution is 2.22. The molecule has 0 aliphatic rings. The summed E-state index contributed by atoms with van der Waals surface area (Å²) in [5.74, 6) is 0. The van der Waals surface area contributed by atoms with Gasteiger partial charge in [-0.2, -0.15) is 0 Å². The van der Waals surface area contributed by atoms with Crippen LogP contribution in [-0.2, 0) is 0 Å². The second kappa shape index (κ2) is 4.70. The lowest BCUT2D eigenvalue weighted by Gasteiger charge is -2.23. The molecule has 1 heterocycles. The smallest absolute Gasteiger partial charge is 0.319 e. The number of aromatic nitrogens is 1. The zero-order valence-corrected chi connectivity index (χ0v) is 10.4. The zero-order valence-electron chi connectivity index (χ0n) is 10.4. The van der Waals surface area contributed by atoms with Crippen molar-refractivity contribution in [3.8, 4) is 0 Å². The van der Waals surface area contributed by atoms with E-state index < -0.39 is 5.54 Å². The molecule has 0 aliphatic heterocycles. The molecular weight excluding hydrogens is 230 g/mol. The summed E-state index contributed by atoms with van der Waals surface area (Å²) < 4.78 is 0. The topological polar surface area (TPSA) is 77.2 Å². The Morgan fingerprint density at radius 2 is 2.11 bits per heavy atom. The Labute approximate surface area is 105 Å². The van der Waals surface area contributed by atoms with Gasteiger partial charge in [-0.15, -0.1) is 0 Å². The number of fused-ring (bicyclic) bond motifs is 1. The van der Waals surface area contributed by atoms with E-state index in [-0.39, 0.29) is 12.6 Å². The van der Waals surface area contributed by atoms with E-state index >= 15 is 0 Å². The number of hydrogen-bond donors (Lipinski definition) is 4. The van der Waals surface area contributed by atoms with Gasteiger partial charge >= 0.3 is 6.03 Å². The number of rotatable bonds is 3. The quantitative estimate of drug-likeness (QED) is 0.670. The molecule has 4 N–H and O–H groups in total. The largest absolute Gasteiger partial charge is 0.394 e. The van der Waals surface area contributed by atoms with Gasteiger partial charge in [-0.3, -0.25) is 0 Å². The molecule has 2 rings (SSSR count). The van der Waals surface area contributed by atoms with Gasteiger partial charge in [0.15, 0.2) is 0 Å². The predicted octanol–water partition coefficient (Wildman–Crippen LogP) is 2.06. The lowest BCUT2D eigenvalue weighted by atomic mass is 10.1. The normalized spacial score (nSPS) is 11.5. The Hall–Kier alpha value is -2.01. The summed E-state index contributed by atoms with van der Waals surface area (Å²) in [6, 6.07) is 7.38. The fourth-order valence-corrected chi connectivity index (χ4v) is 1.68. The van der Waals surface area contributed by atoms with Crippen molar-refractivity contribution in [2.24, 2.45) is 0 Å². The lowest BCUT2D eigenvalue weighted by molar-refractivity contribution is 0.187. The number of aliphatic hydroxyl groups excluding tert-OH is 1. The fraction of sp³-hybridized carbons (Fsp3) is 0.308. The second-order valence-corrected chi connectivity index (χ2v) is 4.87. The maximum Gasteiger partial charge on any atom is 0.319 e. The van der Waals surface area contributed by atoms with Gasteiger partial charge in [0.25, 0.3) is 0 Å². The Bertz CT molecular complexity index is 560. The van der Waals surface area contributed by atoms with E-state index in [9.17, 15) is 4.79 Å². The first-order valence-corrected chi connectivity index (χ1v) is 5.78. The monoisotopic (exact) mass is 247 g/mol. The van der Waals surface area contributed by atoms with Crippen molar-refractivity contribution in [3.05, 3.63) is 30.5 Å². The molecule has 0 saturated heterocycles. The first kappa shape index (κ1) is 12.4. The number of aliphatic hydroxyl groups is 1. The molecule has 2 amide bonds. The Kier molecular flexibility index (Phi) is 3.25.